The van der Waals surface area contributed by atoms with E-state index in [9.17, 15) is 0 Å². The van der Waals surface area contributed by atoms with Crippen molar-refractivity contribution in [1.82, 2.24) is 9.97 Å². The largest absolute Gasteiger partial charge is 0.328 e. The fourth-order valence-electron chi connectivity index (χ4n) is 1.81. The van der Waals surface area contributed by atoms with Gasteiger partial charge in [0.1, 0.15) is 5.82 Å². The normalized spacial score (nSPS) is 12.4. The van der Waals surface area contributed by atoms with Gasteiger partial charge in [0.05, 0.1) is 5.69 Å². The summed E-state index contributed by atoms with van der Waals surface area (Å²) in [7, 11) is 0. The van der Waals surface area contributed by atoms with Crippen LogP contribution < -0.4 is 5.73 Å². The summed E-state index contributed by atoms with van der Waals surface area (Å²) in [5.41, 5.74) is 9.04. The Hall–Kier alpha value is -1.26. The van der Waals surface area contributed by atoms with Crippen LogP contribution in [0.3, 0.4) is 0 Å². The van der Waals surface area contributed by atoms with E-state index >= 15 is 0 Å². The van der Waals surface area contributed by atoms with E-state index < -0.39 is 0 Å². The lowest BCUT2D eigenvalue weighted by atomic mass is 10.1. The summed E-state index contributed by atoms with van der Waals surface area (Å²) >= 11 is 3.49. The van der Waals surface area contributed by atoms with Crippen molar-refractivity contribution in [3.63, 3.8) is 0 Å². The Morgan fingerprint density at radius 2 is 2.11 bits per heavy atom. The molecule has 2 rings (SSSR count). The quantitative estimate of drug-likeness (QED) is 0.948. The molecule has 0 fully saturated rings. The molecule has 0 aliphatic carbocycles. The van der Waals surface area contributed by atoms with Crippen molar-refractivity contribution < 1.29 is 0 Å². The Morgan fingerprint density at radius 1 is 1.33 bits per heavy atom. The summed E-state index contributed by atoms with van der Waals surface area (Å²) in [5, 5.41) is 0. The standard InChI is InChI=1S/C14H16BrN3/c1-9-3-4-11(15)8-12(9)13-5-6-17-14(18-13)7-10(2)16/h3-6,8,10H,7,16H2,1-2H3. The maximum atomic E-state index is 5.78. The molecule has 0 saturated carbocycles. The van der Waals surface area contributed by atoms with Gasteiger partial charge in [0.15, 0.2) is 0 Å². The lowest BCUT2D eigenvalue weighted by Crippen LogP contribution is -2.19. The molecule has 0 aliphatic rings. The summed E-state index contributed by atoms with van der Waals surface area (Å²) in [5.74, 6) is 0.793. The van der Waals surface area contributed by atoms with Gasteiger partial charge in [-0.05, 0) is 37.6 Å². The SMILES string of the molecule is Cc1ccc(Br)cc1-c1ccnc(CC(C)N)n1. The maximum absolute atomic E-state index is 5.78. The van der Waals surface area contributed by atoms with Gasteiger partial charge in [-0.1, -0.05) is 22.0 Å². The van der Waals surface area contributed by atoms with E-state index in [2.05, 4.69) is 45.0 Å². The first kappa shape index (κ1) is 13.2. The van der Waals surface area contributed by atoms with Crippen LogP contribution in [0.25, 0.3) is 11.3 Å². The van der Waals surface area contributed by atoms with Crippen molar-refractivity contribution in [3.8, 4) is 11.3 Å². The van der Waals surface area contributed by atoms with Crippen molar-refractivity contribution in [1.29, 1.82) is 0 Å². The van der Waals surface area contributed by atoms with Crippen LogP contribution in [0.15, 0.2) is 34.9 Å². The van der Waals surface area contributed by atoms with Crippen molar-refractivity contribution in [3.05, 3.63) is 46.3 Å². The molecule has 0 amide bonds. The number of aromatic nitrogens is 2. The van der Waals surface area contributed by atoms with Crippen molar-refractivity contribution in [2.45, 2.75) is 26.3 Å². The van der Waals surface area contributed by atoms with Gasteiger partial charge in [-0.25, -0.2) is 9.97 Å². The van der Waals surface area contributed by atoms with Gasteiger partial charge in [0.25, 0.3) is 0 Å². The molecule has 1 aromatic heterocycles. The van der Waals surface area contributed by atoms with E-state index in [4.69, 9.17) is 5.73 Å². The minimum absolute atomic E-state index is 0.0730. The molecule has 1 unspecified atom stereocenters. The molecule has 2 aromatic rings. The third kappa shape index (κ3) is 3.15. The molecule has 1 heterocycles. The fourth-order valence-corrected chi connectivity index (χ4v) is 2.17. The van der Waals surface area contributed by atoms with Gasteiger partial charge in [-0.15, -0.1) is 0 Å². The molecule has 2 N–H and O–H groups in total. The number of hydrogen-bond donors (Lipinski definition) is 1. The van der Waals surface area contributed by atoms with E-state index in [1.165, 1.54) is 5.56 Å². The van der Waals surface area contributed by atoms with E-state index in [1.54, 1.807) is 6.20 Å². The number of aryl methyl sites for hydroxylation is 1. The first-order valence-corrected chi connectivity index (χ1v) is 6.69. The fraction of sp³-hybridized carbons (Fsp3) is 0.286. The van der Waals surface area contributed by atoms with Crippen LogP contribution in [0, 0.1) is 6.92 Å². The van der Waals surface area contributed by atoms with Crippen molar-refractivity contribution in [2.75, 3.05) is 0 Å². The lowest BCUT2D eigenvalue weighted by Gasteiger charge is -2.08. The highest BCUT2D eigenvalue weighted by Gasteiger charge is 2.07. The molecule has 3 nitrogen and oxygen atoms in total. The van der Waals surface area contributed by atoms with Gasteiger partial charge in [-0.3, -0.25) is 0 Å². The van der Waals surface area contributed by atoms with Crippen LogP contribution in [0.1, 0.15) is 18.3 Å². The molecule has 0 saturated heterocycles. The molecular weight excluding hydrogens is 290 g/mol. The van der Waals surface area contributed by atoms with E-state index in [0.29, 0.717) is 6.42 Å². The highest BCUT2D eigenvalue weighted by atomic mass is 79.9. The Bertz CT molecular complexity index is 552. The second-order valence-corrected chi connectivity index (χ2v) is 5.41. The zero-order chi connectivity index (χ0) is 13.1. The summed E-state index contributed by atoms with van der Waals surface area (Å²) in [4.78, 5) is 8.83. The van der Waals surface area contributed by atoms with E-state index in [0.717, 1.165) is 21.6 Å². The average Bonchev–Trinajstić information content (AvgIpc) is 2.32. The van der Waals surface area contributed by atoms with Crippen LogP contribution in [0.4, 0.5) is 0 Å². The number of nitrogens with zero attached hydrogens (tertiary/aromatic N) is 2. The van der Waals surface area contributed by atoms with E-state index in [1.807, 2.05) is 19.1 Å². The van der Waals surface area contributed by atoms with Crippen LogP contribution in [0.5, 0.6) is 0 Å². The van der Waals surface area contributed by atoms with Crippen LogP contribution >= 0.6 is 15.9 Å². The molecule has 4 heteroatoms. The first-order valence-electron chi connectivity index (χ1n) is 5.90. The Kier molecular flexibility index (Phi) is 4.09. The molecular formula is C14H16BrN3. The smallest absolute Gasteiger partial charge is 0.130 e. The third-order valence-corrected chi connectivity index (χ3v) is 3.18. The van der Waals surface area contributed by atoms with Crippen LogP contribution in [-0.4, -0.2) is 16.0 Å². The van der Waals surface area contributed by atoms with E-state index in [-0.39, 0.29) is 6.04 Å². The second kappa shape index (κ2) is 5.59. The molecule has 0 radical (unpaired) electrons. The number of hydrogen-bond acceptors (Lipinski definition) is 3. The summed E-state index contributed by atoms with van der Waals surface area (Å²) < 4.78 is 1.05. The molecule has 0 bridgehead atoms. The molecule has 0 aliphatic heterocycles. The predicted molar refractivity (Wildman–Crippen MR) is 77.3 cm³/mol. The average molecular weight is 306 g/mol. The lowest BCUT2D eigenvalue weighted by molar-refractivity contribution is 0.702. The second-order valence-electron chi connectivity index (χ2n) is 4.50. The highest BCUT2D eigenvalue weighted by Crippen LogP contribution is 2.25. The number of nitrogens with two attached hydrogens (primary N) is 1. The monoisotopic (exact) mass is 305 g/mol. The third-order valence-electron chi connectivity index (χ3n) is 2.69. The highest BCUT2D eigenvalue weighted by molar-refractivity contribution is 9.10. The topological polar surface area (TPSA) is 51.8 Å². The first-order chi connectivity index (χ1) is 8.56. The maximum Gasteiger partial charge on any atom is 0.130 e. The van der Waals surface area contributed by atoms with Gasteiger partial charge in [0, 0.05) is 28.7 Å². The van der Waals surface area contributed by atoms with Gasteiger partial charge >= 0.3 is 0 Å². The molecule has 0 spiro atoms. The molecule has 18 heavy (non-hydrogen) atoms. The molecule has 94 valence electrons. The summed E-state index contributed by atoms with van der Waals surface area (Å²) in [6.45, 7) is 4.04. The van der Waals surface area contributed by atoms with Crippen LogP contribution in [-0.2, 0) is 6.42 Å². The van der Waals surface area contributed by atoms with Gasteiger partial charge in [0.2, 0.25) is 0 Å². The number of benzene rings is 1. The Balaban J connectivity index is 2.41. The van der Waals surface area contributed by atoms with Crippen molar-refractivity contribution in [2.24, 2.45) is 5.73 Å². The molecule has 1 atom stereocenters. The van der Waals surface area contributed by atoms with Crippen molar-refractivity contribution >= 4 is 15.9 Å². The van der Waals surface area contributed by atoms with Gasteiger partial charge < -0.3 is 5.73 Å². The number of rotatable bonds is 3. The number of halogens is 1. The molecule has 1 aromatic carbocycles. The summed E-state index contributed by atoms with van der Waals surface area (Å²) in [6, 6.07) is 8.19. The minimum atomic E-state index is 0.0730. The Morgan fingerprint density at radius 3 is 2.83 bits per heavy atom. The Labute approximate surface area is 116 Å². The summed E-state index contributed by atoms with van der Waals surface area (Å²) in [6.07, 6.45) is 2.49. The predicted octanol–water partition coefficient (Wildman–Crippen LogP) is 3.10. The zero-order valence-electron chi connectivity index (χ0n) is 10.5. The zero-order valence-corrected chi connectivity index (χ0v) is 12.1. The van der Waals surface area contributed by atoms with Gasteiger partial charge in [-0.2, -0.15) is 0 Å². The van der Waals surface area contributed by atoms with Crippen LogP contribution in [0.2, 0.25) is 0 Å². The minimum Gasteiger partial charge on any atom is -0.328 e.